The summed E-state index contributed by atoms with van der Waals surface area (Å²) >= 11 is 0. The number of alkyl halides is 2. The van der Waals surface area contributed by atoms with E-state index in [9.17, 15) is 13.6 Å². The lowest BCUT2D eigenvalue weighted by Gasteiger charge is -2.40. The van der Waals surface area contributed by atoms with Gasteiger partial charge in [-0.1, -0.05) is 12.1 Å². The number of aryl methyl sites for hydroxylation is 1. The molecule has 0 aliphatic carbocycles. The number of piperidine rings is 1. The highest BCUT2D eigenvalue weighted by Crippen LogP contribution is 2.37. The molecule has 6 nitrogen and oxygen atoms in total. The number of aromatic nitrogens is 2. The summed E-state index contributed by atoms with van der Waals surface area (Å²) in [6.45, 7) is 3.14. The van der Waals surface area contributed by atoms with Gasteiger partial charge < -0.3 is 15.0 Å². The van der Waals surface area contributed by atoms with Gasteiger partial charge in [-0.25, -0.2) is 13.5 Å². The summed E-state index contributed by atoms with van der Waals surface area (Å²) in [6, 6.07) is 8.44. The van der Waals surface area contributed by atoms with Crippen LogP contribution in [0.4, 0.5) is 14.6 Å². The molecule has 162 valence electrons. The Morgan fingerprint density at radius 3 is 2.60 bits per heavy atom. The lowest BCUT2D eigenvalue weighted by Crippen LogP contribution is -2.46. The molecule has 1 aromatic carbocycles. The number of ether oxygens (including phenoxy) is 1. The van der Waals surface area contributed by atoms with Crippen molar-refractivity contribution in [1.82, 2.24) is 14.7 Å². The van der Waals surface area contributed by atoms with Crippen molar-refractivity contribution in [3.05, 3.63) is 41.6 Å². The number of benzene rings is 1. The number of likely N-dealkylation sites (tertiary alicyclic amines) is 1. The monoisotopic (exact) mass is 418 g/mol. The van der Waals surface area contributed by atoms with Crippen LogP contribution >= 0.6 is 0 Å². The maximum Gasteiger partial charge on any atom is 0.260 e. The Balaban J connectivity index is 1.34. The van der Waals surface area contributed by atoms with E-state index in [0.717, 1.165) is 29.8 Å². The minimum Gasteiger partial charge on any atom is -0.497 e. The van der Waals surface area contributed by atoms with E-state index in [1.54, 1.807) is 7.11 Å². The third-order valence-corrected chi connectivity index (χ3v) is 6.27. The maximum atomic E-state index is 13.6. The van der Waals surface area contributed by atoms with Gasteiger partial charge in [-0.15, -0.1) is 0 Å². The predicted octanol–water partition coefficient (Wildman–Crippen LogP) is 3.67. The van der Waals surface area contributed by atoms with Gasteiger partial charge in [-0.2, -0.15) is 5.10 Å². The van der Waals surface area contributed by atoms with Crippen molar-refractivity contribution in [3.8, 4) is 5.75 Å². The van der Waals surface area contributed by atoms with Crippen LogP contribution in [0.3, 0.4) is 0 Å². The van der Waals surface area contributed by atoms with Crippen LogP contribution in [0.1, 0.15) is 36.6 Å². The number of hydrogen-bond acceptors (Lipinski definition) is 4. The maximum absolute atomic E-state index is 13.6. The van der Waals surface area contributed by atoms with Crippen LogP contribution < -0.4 is 10.1 Å². The highest BCUT2D eigenvalue weighted by atomic mass is 19.3. The van der Waals surface area contributed by atoms with E-state index in [1.165, 1.54) is 4.68 Å². The highest BCUT2D eigenvalue weighted by molar-refractivity contribution is 5.78. The van der Waals surface area contributed by atoms with Gasteiger partial charge in [0.2, 0.25) is 5.91 Å². The highest BCUT2D eigenvalue weighted by Gasteiger charge is 2.38. The molecule has 2 atom stereocenters. The molecule has 2 aliphatic heterocycles. The summed E-state index contributed by atoms with van der Waals surface area (Å²) in [6.07, 6.45) is -0.0956. The van der Waals surface area contributed by atoms with Crippen LogP contribution in [-0.4, -0.2) is 53.3 Å². The number of halogens is 2. The molecule has 1 aromatic heterocycles. The number of amides is 1. The fraction of sp³-hybridized carbons (Fsp3) is 0.545. The number of hydrogen-bond donors (Lipinski definition) is 1. The Labute approximate surface area is 175 Å². The van der Waals surface area contributed by atoms with E-state index in [1.807, 2.05) is 42.2 Å². The van der Waals surface area contributed by atoms with Crippen molar-refractivity contribution in [3.63, 3.8) is 0 Å². The third-order valence-electron chi connectivity index (χ3n) is 6.27. The second kappa shape index (κ2) is 8.62. The van der Waals surface area contributed by atoms with E-state index in [4.69, 9.17) is 4.74 Å². The lowest BCUT2D eigenvalue weighted by molar-refractivity contribution is -0.131. The van der Waals surface area contributed by atoms with Crippen LogP contribution in [0.25, 0.3) is 0 Å². The second-order valence-electron chi connectivity index (χ2n) is 8.25. The van der Waals surface area contributed by atoms with E-state index in [0.29, 0.717) is 31.7 Å². The van der Waals surface area contributed by atoms with Gasteiger partial charge in [0.15, 0.2) is 0 Å². The Hall–Kier alpha value is -2.64. The molecule has 1 fully saturated rings. The molecule has 8 heteroatoms. The molecule has 0 spiro atoms. The minimum absolute atomic E-state index is 0.0218. The smallest absolute Gasteiger partial charge is 0.260 e. The molecule has 1 N–H and O–H groups in total. The summed E-state index contributed by atoms with van der Waals surface area (Å²) in [7, 11) is 1.62. The Bertz CT molecular complexity index is 876. The van der Waals surface area contributed by atoms with Gasteiger partial charge in [0.1, 0.15) is 17.6 Å². The van der Waals surface area contributed by atoms with Crippen LogP contribution in [0.2, 0.25) is 0 Å². The van der Waals surface area contributed by atoms with Crippen molar-refractivity contribution < 1.29 is 18.3 Å². The average molecular weight is 418 g/mol. The topological polar surface area (TPSA) is 59.4 Å². The number of fused-ring (bicyclic) bond motifs is 1. The largest absolute Gasteiger partial charge is 0.497 e. The Morgan fingerprint density at radius 2 is 1.97 bits per heavy atom. The third kappa shape index (κ3) is 4.27. The van der Waals surface area contributed by atoms with Crippen LogP contribution in [0.5, 0.6) is 5.75 Å². The molecule has 0 saturated carbocycles. The zero-order valence-corrected chi connectivity index (χ0v) is 17.4. The fourth-order valence-electron chi connectivity index (χ4n) is 4.59. The standard InChI is InChI=1S/C22H28F2N4O2/c1-14-11-20-25-18(13-19(22(23)24)28(20)26-14)16-7-9-27(10-8-16)21(29)12-15-3-5-17(30-2)6-4-15/h3-6,11,16,18-19,22,25H,7-10,12-13H2,1-2H3/t18-,19+/m0/s1. The number of rotatable bonds is 5. The Kier molecular flexibility index (Phi) is 5.92. The summed E-state index contributed by atoms with van der Waals surface area (Å²) in [5, 5.41) is 7.65. The number of anilines is 1. The first kappa shape index (κ1) is 20.6. The van der Waals surface area contributed by atoms with Crippen molar-refractivity contribution in [2.45, 2.75) is 51.1 Å². The SMILES string of the molecule is COc1ccc(CC(=O)N2CCC([C@@H]3C[C@H](C(F)F)n4nc(C)cc4N3)CC2)cc1. The lowest BCUT2D eigenvalue weighted by atomic mass is 9.85. The normalized spacial score (nSPS) is 22.0. The molecule has 1 saturated heterocycles. The van der Waals surface area contributed by atoms with Crippen LogP contribution in [-0.2, 0) is 11.2 Å². The van der Waals surface area contributed by atoms with E-state index in [-0.39, 0.29) is 17.9 Å². The van der Waals surface area contributed by atoms with Crippen molar-refractivity contribution in [2.24, 2.45) is 5.92 Å². The number of nitrogens with one attached hydrogen (secondary N) is 1. The molecule has 3 heterocycles. The number of carbonyl (C=O) groups is 1. The second-order valence-corrected chi connectivity index (χ2v) is 8.25. The summed E-state index contributed by atoms with van der Waals surface area (Å²) < 4.78 is 33.8. The molecule has 2 aliphatic rings. The number of methoxy groups -OCH3 is 1. The van der Waals surface area contributed by atoms with E-state index in [2.05, 4.69) is 10.4 Å². The summed E-state index contributed by atoms with van der Waals surface area (Å²) in [5.74, 6) is 1.81. The van der Waals surface area contributed by atoms with Gasteiger partial charge in [0, 0.05) is 25.2 Å². The molecule has 2 aromatic rings. The first-order chi connectivity index (χ1) is 14.4. The van der Waals surface area contributed by atoms with Gasteiger partial charge in [0.25, 0.3) is 6.43 Å². The van der Waals surface area contributed by atoms with E-state index >= 15 is 0 Å². The van der Waals surface area contributed by atoms with Crippen molar-refractivity contribution >= 4 is 11.7 Å². The zero-order valence-electron chi connectivity index (χ0n) is 17.4. The van der Waals surface area contributed by atoms with Crippen molar-refractivity contribution in [2.75, 3.05) is 25.5 Å². The quantitative estimate of drug-likeness (QED) is 0.805. The van der Waals surface area contributed by atoms with Crippen LogP contribution in [0, 0.1) is 12.8 Å². The molecule has 4 rings (SSSR count). The van der Waals surface area contributed by atoms with Crippen LogP contribution in [0.15, 0.2) is 30.3 Å². The molecular weight excluding hydrogens is 390 g/mol. The fourth-order valence-corrected chi connectivity index (χ4v) is 4.59. The molecule has 0 unspecified atom stereocenters. The molecule has 30 heavy (non-hydrogen) atoms. The first-order valence-electron chi connectivity index (χ1n) is 10.5. The molecule has 1 amide bonds. The molecule has 0 radical (unpaired) electrons. The van der Waals surface area contributed by atoms with E-state index < -0.39 is 12.5 Å². The van der Waals surface area contributed by atoms with Crippen molar-refractivity contribution in [1.29, 1.82) is 0 Å². The van der Waals surface area contributed by atoms with Gasteiger partial charge in [-0.3, -0.25) is 4.79 Å². The van der Waals surface area contributed by atoms with Gasteiger partial charge in [0.05, 0.1) is 19.2 Å². The number of carbonyl (C=O) groups excluding carboxylic acids is 1. The summed E-state index contributed by atoms with van der Waals surface area (Å²) in [4.78, 5) is 14.6. The number of nitrogens with zero attached hydrogens (tertiary/aromatic N) is 3. The average Bonchev–Trinajstić information content (AvgIpc) is 3.13. The molecular formula is C22H28F2N4O2. The van der Waals surface area contributed by atoms with Gasteiger partial charge >= 0.3 is 0 Å². The zero-order chi connectivity index (χ0) is 21.3. The summed E-state index contributed by atoms with van der Waals surface area (Å²) in [5.41, 5.74) is 1.70. The first-order valence-corrected chi connectivity index (χ1v) is 10.5. The molecule has 0 bridgehead atoms. The van der Waals surface area contributed by atoms with Gasteiger partial charge in [-0.05, 0) is 49.8 Å². The predicted molar refractivity (Wildman–Crippen MR) is 110 cm³/mol. The Morgan fingerprint density at radius 1 is 1.27 bits per heavy atom. The minimum atomic E-state index is -2.45.